The molecule has 0 aliphatic carbocycles. The second kappa shape index (κ2) is 8.49. The summed E-state index contributed by atoms with van der Waals surface area (Å²) in [5.41, 5.74) is 5.22. The number of halogens is 1. The molecule has 1 aromatic carbocycles. The van der Waals surface area contributed by atoms with Gasteiger partial charge in [0.15, 0.2) is 0 Å². The summed E-state index contributed by atoms with van der Waals surface area (Å²) in [5.74, 6) is 0.334. The normalized spacial score (nSPS) is 27.4. The van der Waals surface area contributed by atoms with Crippen LogP contribution in [0.5, 0.6) is 0 Å². The van der Waals surface area contributed by atoms with E-state index in [4.69, 9.17) is 0 Å². The van der Waals surface area contributed by atoms with Crippen LogP contribution in [0.1, 0.15) is 44.8 Å². The number of fused-ring (bicyclic) bond motifs is 3. The Labute approximate surface area is 174 Å². The lowest BCUT2D eigenvalue weighted by atomic mass is 9.88. The monoisotopic (exact) mass is 399 g/mol. The fraction of sp³-hybridized carbons (Fsp3) is 0.583. The Bertz CT molecular complexity index is 788. The average Bonchev–Trinajstić information content (AvgIpc) is 3.04. The Hall–Kier alpha value is -1.85. The first-order valence-electron chi connectivity index (χ1n) is 11.0. The summed E-state index contributed by atoms with van der Waals surface area (Å²) >= 11 is 0. The molecule has 0 amide bonds. The van der Waals surface area contributed by atoms with Gasteiger partial charge < -0.3 is 19.8 Å². The Kier molecular flexibility index (Phi) is 5.98. The van der Waals surface area contributed by atoms with Gasteiger partial charge in [-0.25, -0.2) is 4.39 Å². The van der Waals surface area contributed by atoms with Crippen molar-refractivity contribution in [2.75, 3.05) is 39.8 Å². The van der Waals surface area contributed by atoms with Crippen molar-refractivity contribution < 1.29 is 9.50 Å². The molecule has 2 saturated heterocycles. The molecule has 1 N–H and O–H groups in total. The van der Waals surface area contributed by atoms with Gasteiger partial charge in [0.05, 0.1) is 11.8 Å². The van der Waals surface area contributed by atoms with Gasteiger partial charge in [-0.3, -0.25) is 0 Å². The molecule has 0 saturated carbocycles. The van der Waals surface area contributed by atoms with Crippen molar-refractivity contribution >= 4 is 0 Å². The summed E-state index contributed by atoms with van der Waals surface area (Å²) in [6.07, 6.45) is 4.70. The van der Waals surface area contributed by atoms with E-state index in [0.29, 0.717) is 18.4 Å². The van der Waals surface area contributed by atoms with E-state index in [1.807, 2.05) is 0 Å². The highest BCUT2D eigenvalue weighted by Crippen LogP contribution is 2.45. The van der Waals surface area contributed by atoms with Crippen LogP contribution in [-0.2, 0) is 0 Å². The average molecular weight is 400 g/mol. The van der Waals surface area contributed by atoms with E-state index in [1.54, 1.807) is 12.1 Å². The van der Waals surface area contributed by atoms with Crippen LogP contribution in [0, 0.1) is 11.7 Å². The first kappa shape index (κ1) is 20.4. The van der Waals surface area contributed by atoms with Crippen molar-refractivity contribution in [1.29, 1.82) is 0 Å². The van der Waals surface area contributed by atoms with Crippen molar-refractivity contribution in [3.63, 3.8) is 0 Å². The molecule has 3 heterocycles. The lowest BCUT2D eigenvalue weighted by Crippen LogP contribution is -2.48. The minimum atomic E-state index is -0.511. The van der Waals surface area contributed by atoms with Crippen LogP contribution in [0.15, 0.2) is 47.3 Å². The molecule has 5 heteroatoms. The Morgan fingerprint density at radius 1 is 1.21 bits per heavy atom. The first-order valence-corrected chi connectivity index (χ1v) is 11.0. The van der Waals surface area contributed by atoms with E-state index in [0.717, 1.165) is 44.7 Å². The number of benzene rings is 1. The van der Waals surface area contributed by atoms with E-state index in [-0.39, 0.29) is 5.82 Å². The van der Waals surface area contributed by atoms with Crippen LogP contribution in [0.25, 0.3) is 0 Å². The second-order valence-corrected chi connectivity index (χ2v) is 8.77. The molecule has 4 nitrogen and oxygen atoms in total. The number of likely N-dealkylation sites (N-methyl/N-ethyl adjacent to an activating group) is 1. The maximum Gasteiger partial charge on any atom is 0.123 e. The predicted octanol–water partition coefficient (Wildman–Crippen LogP) is 3.77. The molecule has 0 radical (unpaired) electrons. The first-order chi connectivity index (χ1) is 14.0. The Morgan fingerprint density at radius 2 is 1.97 bits per heavy atom. The van der Waals surface area contributed by atoms with E-state index in [1.165, 1.54) is 35.5 Å². The summed E-state index contributed by atoms with van der Waals surface area (Å²) in [6, 6.07) is 6.86. The number of likely N-dealkylation sites (tertiary alicyclic amines) is 1. The van der Waals surface area contributed by atoms with Crippen molar-refractivity contribution in [2.45, 2.75) is 45.3 Å². The number of nitrogens with zero attached hydrogens (tertiary/aromatic N) is 3. The van der Waals surface area contributed by atoms with Crippen molar-refractivity contribution in [2.24, 2.45) is 5.92 Å². The molecule has 3 aliphatic rings. The molecule has 4 rings (SSSR count). The van der Waals surface area contributed by atoms with Gasteiger partial charge in [-0.1, -0.05) is 18.2 Å². The summed E-state index contributed by atoms with van der Waals surface area (Å²) < 4.78 is 13.1. The smallest absolute Gasteiger partial charge is 0.123 e. The van der Waals surface area contributed by atoms with Gasteiger partial charge >= 0.3 is 0 Å². The number of hydrogen-bond donors (Lipinski definition) is 1. The zero-order valence-electron chi connectivity index (χ0n) is 17.9. The van der Waals surface area contributed by atoms with Gasteiger partial charge in [-0.2, -0.15) is 0 Å². The maximum atomic E-state index is 13.1. The van der Waals surface area contributed by atoms with E-state index in [9.17, 15) is 9.50 Å². The largest absolute Gasteiger partial charge is 0.388 e. The number of aliphatic hydroxyl groups excluding tert-OH is 1. The number of rotatable bonds is 5. The maximum absolute atomic E-state index is 13.1. The zero-order chi connectivity index (χ0) is 20.5. The Balaban J connectivity index is 1.36. The summed E-state index contributed by atoms with van der Waals surface area (Å²) in [4.78, 5) is 7.63. The molecule has 3 aliphatic heterocycles. The number of allylic oxidation sites excluding steroid dienone is 3. The molecular weight excluding hydrogens is 365 g/mol. The van der Waals surface area contributed by atoms with Gasteiger partial charge in [-0.05, 0) is 62.9 Å². The summed E-state index contributed by atoms with van der Waals surface area (Å²) in [5, 5.41) is 10.4. The highest BCUT2D eigenvalue weighted by atomic mass is 19.1. The molecule has 3 unspecified atom stereocenters. The lowest BCUT2D eigenvalue weighted by Gasteiger charge is -2.41. The fourth-order valence-electron chi connectivity index (χ4n) is 5.41. The van der Waals surface area contributed by atoms with Gasteiger partial charge in [0, 0.05) is 50.9 Å². The minimum absolute atomic E-state index is 0.256. The molecule has 1 aromatic rings. The molecule has 3 atom stereocenters. The molecule has 0 spiro atoms. The van der Waals surface area contributed by atoms with E-state index < -0.39 is 6.10 Å². The van der Waals surface area contributed by atoms with Crippen molar-refractivity contribution in [1.82, 2.24) is 14.7 Å². The topological polar surface area (TPSA) is 30.0 Å². The summed E-state index contributed by atoms with van der Waals surface area (Å²) in [6.45, 7) is 9.93. The minimum Gasteiger partial charge on any atom is -0.388 e. The second-order valence-electron chi connectivity index (χ2n) is 8.77. The summed E-state index contributed by atoms with van der Waals surface area (Å²) in [7, 11) is 2.20. The van der Waals surface area contributed by atoms with E-state index in [2.05, 4.69) is 41.7 Å². The number of aliphatic hydroxyl groups is 1. The van der Waals surface area contributed by atoms with E-state index >= 15 is 0 Å². The molecule has 158 valence electrons. The number of hydrogen-bond acceptors (Lipinski definition) is 4. The quantitative estimate of drug-likeness (QED) is 0.816. The molecule has 0 bridgehead atoms. The van der Waals surface area contributed by atoms with Crippen LogP contribution in [-0.4, -0.2) is 65.6 Å². The van der Waals surface area contributed by atoms with Gasteiger partial charge in [0.2, 0.25) is 0 Å². The third kappa shape index (κ3) is 3.95. The van der Waals surface area contributed by atoms with Gasteiger partial charge in [0.1, 0.15) is 5.82 Å². The van der Waals surface area contributed by atoms with Crippen molar-refractivity contribution in [3.05, 3.63) is 58.7 Å². The predicted molar refractivity (Wildman–Crippen MR) is 115 cm³/mol. The van der Waals surface area contributed by atoms with Crippen LogP contribution in [0.2, 0.25) is 0 Å². The molecule has 0 aromatic heterocycles. The highest BCUT2D eigenvalue weighted by Gasteiger charge is 2.45. The molecule has 29 heavy (non-hydrogen) atoms. The SMILES string of the molecule is CC=C1C2=C(C)N(C)CCN2C2CCN(CCCC(O)c3ccc(F)cc3)CC12. The standard InChI is InChI=1S/C24H34FN3O/c1-4-20-21-16-27(12-5-6-23(29)18-7-9-19(25)10-8-18)13-11-22(21)28-15-14-26(3)17(2)24(20)28/h4,7-10,21-23,29H,5-6,11-16H2,1-3H3. The number of piperidine rings is 1. The van der Waals surface area contributed by atoms with Crippen molar-refractivity contribution in [3.8, 4) is 0 Å². The molecule has 2 fully saturated rings. The van der Waals surface area contributed by atoms with Crippen LogP contribution in [0.3, 0.4) is 0 Å². The van der Waals surface area contributed by atoms with Gasteiger partial charge in [-0.15, -0.1) is 0 Å². The van der Waals surface area contributed by atoms with Crippen LogP contribution >= 0.6 is 0 Å². The third-order valence-electron chi connectivity index (χ3n) is 7.13. The van der Waals surface area contributed by atoms with Crippen LogP contribution in [0.4, 0.5) is 4.39 Å². The highest BCUT2D eigenvalue weighted by molar-refractivity contribution is 5.43. The fourth-order valence-corrected chi connectivity index (χ4v) is 5.41. The zero-order valence-corrected chi connectivity index (χ0v) is 17.9. The third-order valence-corrected chi connectivity index (χ3v) is 7.13. The Morgan fingerprint density at radius 3 is 2.69 bits per heavy atom. The lowest BCUT2D eigenvalue weighted by molar-refractivity contribution is 0.104. The van der Waals surface area contributed by atoms with Crippen LogP contribution < -0.4 is 0 Å². The van der Waals surface area contributed by atoms with Gasteiger partial charge in [0.25, 0.3) is 0 Å². The molecular formula is C24H34FN3O.